The number of sulfonamides is 1. The Morgan fingerprint density at radius 1 is 0.846 bits per heavy atom. The van der Waals surface area contributed by atoms with E-state index in [4.69, 9.17) is 18.9 Å². The fourth-order valence-electron chi connectivity index (χ4n) is 3.51. The molecule has 39 heavy (non-hydrogen) atoms. The van der Waals surface area contributed by atoms with Gasteiger partial charge in [-0.25, -0.2) is 8.42 Å². The average Bonchev–Trinajstić information content (AvgIpc) is 2.93. The third-order valence-corrected chi connectivity index (χ3v) is 6.21. The summed E-state index contributed by atoms with van der Waals surface area (Å²) in [6, 6.07) is 24.4. The third kappa shape index (κ3) is 11.3. The third-order valence-electron chi connectivity index (χ3n) is 5.39. The van der Waals surface area contributed by atoms with Gasteiger partial charge in [-0.15, -0.1) is 0 Å². The normalized spacial score (nSPS) is 12.2. The molecule has 0 radical (unpaired) electrons. The smallest absolute Gasteiger partial charge is 0.244 e. The van der Waals surface area contributed by atoms with Crippen molar-refractivity contribution in [3.63, 3.8) is 0 Å². The standard InChI is InChI=1S/C23H32N2O7S.C6H6/c1-6-31-18-8-10-19(11-9-18)32-16-23(2,25-33(5,27)28)22(26)24-14-13-17-7-12-20(29-3)21(15-17)30-4;1-2-4-6-5-3-1/h7-12,15,25H,6,13-14,16H2,1-5H3,(H,24,26);1-6H. The van der Waals surface area contributed by atoms with E-state index in [1.807, 2.05) is 55.5 Å². The molecule has 1 amide bonds. The highest BCUT2D eigenvalue weighted by Crippen LogP contribution is 2.27. The highest BCUT2D eigenvalue weighted by Gasteiger charge is 2.37. The van der Waals surface area contributed by atoms with Crippen molar-refractivity contribution in [2.24, 2.45) is 0 Å². The Labute approximate surface area is 231 Å². The van der Waals surface area contributed by atoms with Crippen molar-refractivity contribution in [3.05, 3.63) is 84.4 Å². The summed E-state index contributed by atoms with van der Waals surface area (Å²) in [4.78, 5) is 12.9. The van der Waals surface area contributed by atoms with Gasteiger partial charge in [-0.1, -0.05) is 42.5 Å². The molecule has 0 saturated heterocycles. The van der Waals surface area contributed by atoms with Crippen molar-refractivity contribution in [3.8, 4) is 23.0 Å². The van der Waals surface area contributed by atoms with Crippen LogP contribution in [-0.4, -0.2) is 60.1 Å². The van der Waals surface area contributed by atoms with Crippen LogP contribution < -0.4 is 29.0 Å². The summed E-state index contributed by atoms with van der Waals surface area (Å²) < 4.78 is 47.9. The minimum absolute atomic E-state index is 0.198. The lowest BCUT2D eigenvalue weighted by Crippen LogP contribution is -2.60. The Morgan fingerprint density at radius 2 is 1.38 bits per heavy atom. The fourth-order valence-corrected chi connectivity index (χ4v) is 4.48. The van der Waals surface area contributed by atoms with Gasteiger partial charge < -0.3 is 24.3 Å². The maximum Gasteiger partial charge on any atom is 0.244 e. The van der Waals surface area contributed by atoms with Crippen molar-refractivity contribution < 1.29 is 32.2 Å². The van der Waals surface area contributed by atoms with Crippen molar-refractivity contribution in [2.75, 3.05) is 40.2 Å². The SMILES string of the molecule is CCOc1ccc(OCC(C)(NS(C)(=O)=O)C(=O)NCCc2ccc(OC)c(OC)c2)cc1.c1ccccc1. The van der Waals surface area contributed by atoms with Gasteiger partial charge in [0.05, 0.1) is 27.1 Å². The molecule has 0 aromatic heterocycles. The van der Waals surface area contributed by atoms with Gasteiger partial charge in [0.15, 0.2) is 11.5 Å². The second-order valence-electron chi connectivity index (χ2n) is 8.75. The number of hydrogen-bond donors (Lipinski definition) is 2. The minimum atomic E-state index is -3.68. The lowest BCUT2D eigenvalue weighted by molar-refractivity contribution is -0.127. The molecule has 0 saturated carbocycles. The zero-order chi connectivity index (χ0) is 28.7. The summed E-state index contributed by atoms with van der Waals surface area (Å²) in [5, 5.41) is 2.78. The van der Waals surface area contributed by atoms with Crippen molar-refractivity contribution >= 4 is 15.9 Å². The van der Waals surface area contributed by atoms with Crippen molar-refractivity contribution in [2.45, 2.75) is 25.8 Å². The molecule has 0 aliphatic heterocycles. The highest BCUT2D eigenvalue weighted by molar-refractivity contribution is 7.88. The number of amides is 1. The van der Waals surface area contributed by atoms with E-state index >= 15 is 0 Å². The molecule has 0 heterocycles. The van der Waals surface area contributed by atoms with E-state index in [0.717, 1.165) is 11.8 Å². The van der Waals surface area contributed by atoms with Crippen molar-refractivity contribution in [1.82, 2.24) is 10.0 Å². The lowest BCUT2D eigenvalue weighted by Gasteiger charge is -2.28. The van der Waals surface area contributed by atoms with Crippen LogP contribution in [0.3, 0.4) is 0 Å². The first-order chi connectivity index (χ1) is 18.6. The summed E-state index contributed by atoms with van der Waals surface area (Å²) >= 11 is 0. The van der Waals surface area contributed by atoms with Crippen molar-refractivity contribution in [1.29, 1.82) is 0 Å². The molecule has 3 aromatic carbocycles. The quantitative estimate of drug-likeness (QED) is 0.328. The van der Waals surface area contributed by atoms with Gasteiger partial charge in [0.25, 0.3) is 0 Å². The van der Waals surface area contributed by atoms with Crippen LogP contribution >= 0.6 is 0 Å². The summed E-state index contributed by atoms with van der Waals surface area (Å²) in [5.41, 5.74) is -0.583. The van der Waals surface area contributed by atoms with Gasteiger partial charge in [0.1, 0.15) is 23.6 Å². The molecule has 0 aliphatic rings. The number of carbonyl (C=O) groups is 1. The molecule has 10 heteroatoms. The van der Waals surface area contributed by atoms with E-state index in [9.17, 15) is 13.2 Å². The monoisotopic (exact) mass is 558 g/mol. The molecule has 0 spiro atoms. The zero-order valence-corrected chi connectivity index (χ0v) is 23.9. The number of rotatable bonds is 13. The maximum absolute atomic E-state index is 12.9. The van der Waals surface area contributed by atoms with Gasteiger partial charge >= 0.3 is 0 Å². The molecule has 1 unspecified atom stereocenters. The van der Waals surface area contributed by atoms with Gasteiger partial charge in [-0.2, -0.15) is 4.72 Å². The average molecular weight is 559 g/mol. The van der Waals surface area contributed by atoms with Crippen LogP contribution in [0, 0.1) is 0 Å². The maximum atomic E-state index is 12.9. The molecule has 3 rings (SSSR count). The second kappa shape index (κ2) is 15.6. The lowest BCUT2D eigenvalue weighted by atomic mass is 10.0. The van der Waals surface area contributed by atoms with Crippen LogP contribution in [0.15, 0.2) is 78.9 Å². The van der Waals surface area contributed by atoms with Gasteiger partial charge in [-0.3, -0.25) is 4.79 Å². The predicted molar refractivity (Wildman–Crippen MR) is 152 cm³/mol. The van der Waals surface area contributed by atoms with E-state index in [2.05, 4.69) is 10.0 Å². The molecular formula is C29H38N2O7S. The van der Waals surface area contributed by atoms with Crippen LogP contribution in [0.25, 0.3) is 0 Å². The van der Waals surface area contributed by atoms with Crippen LogP contribution in [0.1, 0.15) is 19.4 Å². The predicted octanol–water partition coefficient (Wildman–Crippen LogP) is 3.83. The molecule has 0 bridgehead atoms. The molecule has 2 N–H and O–H groups in total. The number of methoxy groups -OCH3 is 2. The topological polar surface area (TPSA) is 112 Å². The largest absolute Gasteiger partial charge is 0.494 e. The Morgan fingerprint density at radius 3 is 1.87 bits per heavy atom. The molecule has 212 valence electrons. The van der Waals surface area contributed by atoms with Crippen LogP contribution in [-0.2, 0) is 21.2 Å². The van der Waals surface area contributed by atoms with Gasteiger partial charge in [0, 0.05) is 6.54 Å². The summed E-state index contributed by atoms with van der Waals surface area (Å²) in [6.45, 7) is 4.00. The van der Waals surface area contributed by atoms with Crippen LogP contribution in [0.4, 0.5) is 0 Å². The van der Waals surface area contributed by atoms with E-state index in [1.54, 1.807) is 44.6 Å². The van der Waals surface area contributed by atoms with Crippen LogP contribution in [0.2, 0.25) is 0 Å². The van der Waals surface area contributed by atoms with E-state index in [1.165, 1.54) is 6.92 Å². The van der Waals surface area contributed by atoms with E-state index in [-0.39, 0.29) is 6.61 Å². The Kier molecular flexibility index (Phi) is 12.6. The summed E-state index contributed by atoms with van der Waals surface area (Å²) in [5.74, 6) is 1.88. The zero-order valence-electron chi connectivity index (χ0n) is 23.1. The number of ether oxygens (including phenoxy) is 4. The Balaban J connectivity index is 0.000000780. The molecule has 0 fully saturated rings. The first kappa shape index (κ1) is 31.5. The molecular weight excluding hydrogens is 520 g/mol. The second-order valence-corrected chi connectivity index (χ2v) is 10.5. The number of nitrogens with one attached hydrogen (secondary N) is 2. The number of carbonyl (C=O) groups excluding carboxylic acids is 1. The number of benzene rings is 3. The minimum Gasteiger partial charge on any atom is -0.494 e. The molecule has 3 aromatic rings. The molecule has 9 nitrogen and oxygen atoms in total. The van der Waals surface area contributed by atoms with E-state index in [0.29, 0.717) is 42.6 Å². The van der Waals surface area contributed by atoms with E-state index < -0.39 is 21.5 Å². The fraction of sp³-hybridized carbons (Fsp3) is 0.345. The number of hydrogen-bond acceptors (Lipinski definition) is 7. The summed E-state index contributed by atoms with van der Waals surface area (Å²) in [7, 11) is -0.570. The highest BCUT2D eigenvalue weighted by atomic mass is 32.2. The first-order valence-corrected chi connectivity index (χ1v) is 14.3. The molecule has 0 aliphatic carbocycles. The van der Waals surface area contributed by atoms with Gasteiger partial charge in [-0.05, 0) is 62.2 Å². The Hall–Kier alpha value is -3.76. The Bertz CT molecular complexity index is 1230. The van der Waals surface area contributed by atoms with Crippen LogP contribution in [0.5, 0.6) is 23.0 Å². The van der Waals surface area contributed by atoms with Gasteiger partial charge in [0.2, 0.25) is 15.9 Å². The molecule has 1 atom stereocenters. The summed E-state index contributed by atoms with van der Waals surface area (Å²) in [6.07, 6.45) is 1.51. The first-order valence-electron chi connectivity index (χ1n) is 12.4.